The zero-order valence-corrected chi connectivity index (χ0v) is 19.6. The van der Waals surface area contributed by atoms with E-state index in [4.69, 9.17) is 45.3 Å². The zero-order chi connectivity index (χ0) is 23.4. The number of rotatable bonds is 7. The highest BCUT2D eigenvalue weighted by atomic mass is 35.5. The smallest absolute Gasteiger partial charge is 0.344 e. The lowest BCUT2D eigenvalue weighted by Gasteiger charge is -2.16. The average Bonchev–Trinajstić information content (AvgIpc) is 2.99. The van der Waals surface area contributed by atoms with Gasteiger partial charge in [0.25, 0.3) is 11.8 Å². The zero-order valence-electron chi connectivity index (χ0n) is 16.5. The molecule has 3 rings (SSSR count). The van der Waals surface area contributed by atoms with Crippen LogP contribution < -0.4 is 10.2 Å². The van der Waals surface area contributed by atoms with Gasteiger partial charge in [0, 0.05) is 5.02 Å². The molecule has 7 nitrogen and oxygen atoms in total. The van der Waals surface area contributed by atoms with Gasteiger partial charge in [-0.1, -0.05) is 54.0 Å². The van der Waals surface area contributed by atoms with Crippen molar-refractivity contribution in [3.05, 3.63) is 68.5 Å². The summed E-state index contributed by atoms with van der Waals surface area (Å²) in [4.78, 5) is 36.8. The molecular weight excluding hydrogens is 495 g/mol. The number of ether oxygens (including phenoxy) is 1. The fraction of sp³-hybridized carbons (Fsp3) is 0.143. The molecule has 0 saturated carbocycles. The average molecular weight is 511 g/mol. The summed E-state index contributed by atoms with van der Waals surface area (Å²) in [6.07, 6.45) is 0.906. The van der Waals surface area contributed by atoms with Gasteiger partial charge in [-0.15, -0.1) is 0 Å². The lowest BCUT2D eigenvalue weighted by molar-refractivity contribution is -0.145. The van der Waals surface area contributed by atoms with E-state index in [-0.39, 0.29) is 19.8 Å². The number of amides is 2. The first-order valence-electron chi connectivity index (χ1n) is 9.23. The highest BCUT2D eigenvalue weighted by Crippen LogP contribution is 2.32. The maximum Gasteiger partial charge on any atom is 0.344 e. The minimum absolute atomic E-state index is 0.138. The topological polar surface area (TPSA) is 95.9 Å². The lowest BCUT2D eigenvalue weighted by Crippen LogP contribution is -2.44. The Hall–Kier alpha value is -2.59. The van der Waals surface area contributed by atoms with Gasteiger partial charge in [0.1, 0.15) is 5.75 Å². The van der Waals surface area contributed by atoms with Crippen molar-refractivity contribution in [2.75, 3.05) is 0 Å². The molecule has 1 atom stereocenters. The van der Waals surface area contributed by atoms with Crippen molar-refractivity contribution >= 4 is 75.4 Å². The number of nitrogens with one attached hydrogen (secondary N) is 1. The number of hydrogen-bond acceptors (Lipinski definition) is 6. The normalized spacial score (nSPS) is 15.7. The Morgan fingerprint density at radius 3 is 2.69 bits per heavy atom. The third-order valence-electron chi connectivity index (χ3n) is 4.26. The molecule has 11 heteroatoms. The summed E-state index contributed by atoms with van der Waals surface area (Å²) in [5, 5.41) is 10.6. The summed E-state index contributed by atoms with van der Waals surface area (Å²) in [7, 11) is 0. The second kappa shape index (κ2) is 10.4. The largest absolute Gasteiger partial charge is 0.479 e. The highest BCUT2D eigenvalue weighted by Gasteiger charge is 2.34. The van der Waals surface area contributed by atoms with E-state index in [0.29, 0.717) is 22.8 Å². The molecule has 2 aromatic rings. The standard InChI is InChI=1S/C21H16Cl2N2O5S2/c1-2-16(20(28)29)30-13-5-3-4-11(8-13)9-17-19(27)25(21(31)32-17)24-18(26)14-7-6-12(22)10-15(14)23/h3-10,16H,2H2,1H3,(H,24,26)(H,28,29)/b17-9+. The molecule has 1 unspecified atom stereocenters. The van der Waals surface area contributed by atoms with Crippen molar-refractivity contribution in [3.63, 3.8) is 0 Å². The molecule has 0 aromatic heterocycles. The number of aliphatic carboxylic acids is 1. The molecule has 32 heavy (non-hydrogen) atoms. The molecule has 166 valence electrons. The number of nitrogens with zero attached hydrogens (tertiary/aromatic N) is 1. The second-order valence-electron chi connectivity index (χ2n) is 6.51. The molecular formula is C21H16Cl2N2O5S2. The number of benzene rings is 2. The molecule has 0 aliphatic carbocycles. The van der Waals surface area contributed by atoms with Crippen molar-refractivity contribution in [2.45, 2.75) is 19.4 Å². The highest BCUT2D eigenvalue weighted by molar-refractivity contribution is 8.26. The molecule has 1 fully saturated rings. The first-order valence-corrected chi connectivity index (χ1v) is 11.2. The first-order chi connectivity index (χ1) is 15.2. The van der Waals surface area contributed by atoms with Gasteiger partial charge in [-0.05, 0) is 60.6 Å². The number of hydrogen-bond donors (Lipinski definition) is 2. The Bertz CT molecular complexity index is 1140. The van der Waals surface area contributed by atoms with Gasteiger partial charge in [0.2, 0.25) is 0 Å². The number of carboxylic acid groups (broad SMARTS) is 1. The number of hydrazine groups is 1. The summed E-state index contributed by atoms with van der Waals surface area (Å²) in [5.74, 6) is -1.83. The fourth-order valence-corrected chi connectivity index (χ4v) is 4.37. The van der Waals surface area contributed by atoms with Crippen LogP contribution >= 0.6 is 47.2 Å². The minimum atomic E-state index is -1.06. The van der Waals surface area contributed by atoms with Crippen molar-refractivity contribution in [1.29, 1.82) is 0 Å². The van der Waals surface area contributed by atoms with Crippen molar-refractivity contribution in [3.8, 4) is 5.75 Å². The fourth-order valence-electron chi connectivity index (χ4n) is 2.70. The third-order valence-corrected chi connectivity index (χ3v) is 6.11. The van der Waals surface area contributed by atoms with Crippen LogP contribution in [0.4, 0.5) is 0 Å². The monoisotopic (exact) mass is 510 g/mol. The van der Waals surface area contributed by atoms with E-state index in [2.05, 4.69) is 5.43 Å². The molecule has 2 aromatic carbocycles. The molecule has 1 heterocycles. The number of thiocarbonyl (C=S) groups is 1. The molecule has 2 N–H and O–H groups in total. The molecule has 0 radical (unpaired) electrons. The SMILES string of the molecule is CCC(Oc1cccc(/C=C2/SC(=S)N(NC(=O)c3ccc(Cl)cc3Cl)C2=O)c1)C(=O)O. The van der Waals surface area contributed by atoms with Crippen LogP contribution in [-0.2, 0) is 9.59 Å². The van der Waals surface area contributed by atoms with Crippen molar-refractivity contribution < 1.29 is 24.2 Å². The van der Waals surface area contributed by atoms with Gasteiger partial charge in [-0.2, -0.15) is 5.01 Å². The summed E-state index contributed by atoms with van der Waals surface area (Å²) >= 11 is 18.1. The van der Waals surface area contributed by atoms with Gasteiger partial charge in [0.15, 0.2) is 10.4 Å². The van der Waals surface area contributed by atoms with Gasteiger partial charge < -0.3 is 9.84 Å². The van der Waals surface area contributed by atoms with E-state index >= 15 is 0 Å². The number of carbonyl (C=O) groups is 3. The maximum absolute atomic E-state index is 12.8. The van der Waals surface area contributed by atoms with E-state index < -0.39 is 23.9 Å². The van der Waals surface area contributed by atoms with Crippen LogP contribution in [0.1, 0.15) is 29.3 Å². The molecule has 2 amide bonds. The molecule has 1 saturated heterocycles. The Morgan fingerprint density at radius 2 is 2.03 bits per heavy atom. The lowest BCUT2D eigenvalue weighted by atomic mass is 10.2. The molecule has 0 spiro atoms. The van der Waals surface area contributed by atoms with Crippen LogP contribution in [-0.4, -0.2) is 38.3 Å². The van der Waals surface area contributed by atoms with Gasteiger partial charge >= 0.3 is 5.97 Å². The Balaban J connectivity index is 1.76. The van der Waals surface area contributed by atoms with Gasteiger partial charge in [0.05, 0.1) is 15.5 Å². The summed E-state index contributed by atoms with van der Waals surface area (Å²) in [5.41, 5.74) is 3.20. The van der Waals surface area contributed by atoms with Gasteiger partial charge in [-0.25, -0.2) is 4.79 Å². The number of carboxylic acids is 1. The minimum Gasteiger partial charge on any atom is -0.479 e. The Morgan fingerprint density at radius 1 is 1.28 bits per heavy atom. The van der Waals surface area contributed by atoms with Crippen LogP contribution in [0.3, 0.4) is 0 Å². The van der Waals surface area contributed by atoms with Crippen LogP contribution in [0, 0.1) is 0 Å². The quantitative estimate of drug-likeness (QED) is 0.408. The van der Waals surface area contributed by atoms with Crippen molar-refractivity contribution in [2.24, 2.45) is 0 Å². The summed E-state index contributed by atoms with van der Waals surface area (Å²) in [6.45, 7) is 1.71. The van der Waals surface area contributed by atoms with E-state index in [0.717, 1.165) is 16.8 Å². The van der Waals surface area contributed by atoms with E-state index in [1.165, 1.54) is 18.2 Å². The first kappa shape index (κ1) is 24.1. The van der Waals surface area contributed by atoms with Crippen LogP contribution in [0.5, 0.6) is 5.75 Å². The van der Waals surface area contributed by atoms with E-state index in [9.17, 15) is 14.4 Å². The predicted molar refractivity (Wildman–Crippen MR) is 128 cm³/mol. The van der Waals surface area contributed by atoms with Crippen molar-refractivity contribution in [1.82, 2.24) is 10.4 Å². The number of carbonyl (C=O) groups excluding carboxylic acids is 2. The van der Waals surface area contributed by atoms with E-state index in [1.54, 1.807) is 37.3 Å². The third kappa shape index (κ3) is 5.60. The predicted octanol–water partition coefficient (Wildman–Crippen LogP) is 4.78. The molecule has 0 bridgehead atoms. The maximum atomic E-state index is 12.8. The van der Waals surface area contributed by atoms with Crippen LogP contribution in [0.2, 0.25) is 10.0 Å². The summed E-state index contributed by atoms with van der Waals surface area (Å²) < 4.78 is 5.63. The Labute approximate surface area is 203 Å². The number of thioether (sulfide) groups is 1. The number of halogens is 2. The van der Waals surface area contributed by atoms with E-state index in [1.807, 2.05) is 0 Å². The second-order valence-corrected chi connectivity index (χ2v) is 9.03. The van der Waals surface area contributed by atoms with Crippen LogP contribution in [0.25, 0.3) is 6.08 Å². The Kier molecular flexibility index (Phi) is 7.78. The van der Waals surface area contributed by atoms with Gasteiger partial charge in [-0.3, -0.25) is 15.0 Å². The molecule has 1 aliphatic heterocycles. The van der Waals surface area contributed by atoms with Crippen LogP contribution in [0.15, 0.2) is 47.4 Å². The summed E-state index contributed by atoms with van der Waals surface area (Å²) in [6, 6.07) is 11.0. The molecule has 1 aliphatic rings.